The summed E-state index contributed by atoms with van der Waals surface area (Å²) in [6.07, 6.45) is 0. The van der Waals surface area contributed by atoms with Crippen LogP contribution in [0.4, 0.5) is 0 Å². The topological polar surface area (TPSA) is 47.6 Å². The Kier molecular flexibility index (Phi) is 3.09. The minimum atomic E-state index is -0.839. The van der Waals surface area contributed by atoms with Crippen LogP contribution in [0.15, 0.2) is 30.3 Å². The van der Waals surface area contributed by atoms with E-state index < -0.39 is 4.31 Å². The third kappa shape index (κ3) is 2.60. The van der Waals surface area contributed by atoms with E-state index in [1.807, 2.05) is 42.5 Å². The van der Waals surface area contributed by atoms with Crippen molar-refractivity contribution in [2.24, 2.45) is 0 Å². The van der Waals surface area contributed by atoms with E-state index in [0.29, 0.717) is 0 Å². The van der Waals surface area contributed by atoms with Gasteiger partial charge in [-0.1, -0.05) is 0 Å². The first kappa shape index (κ1) is 9.80. The van der Waals surface area contributed by atoms with Crippen molar-refractivity contribution >= 4 is 19.4 Å². The zero-order chi connectivity index (χ0) is 9.73. The summed E-state index contributed by atoms with van der Waals surface area (Å²) in [5.41, 5.74) is 0. The van der Waals surface area contributed by atoms with Crippen LogP contribution in [0.5, 0.6) is 0 Å². The fourth-order valence-corrected chi connectivity index (χ4v) is 2.59. The monoisotopic (exact) mass is 236 g/mol. The molecular weight excluding hydrogens is 227 g/mol. The van der Waals surface area contributed by atoms with E-state index in [-0.39, 0.29) is 15.0 Å². The zero-order valence-corrected chi connectivity index (χ0v) is 8.90. The van der Waals surface area contributed by atoms with Crippen molar-refractivity contribution in [3.05, 3.63) is 30.3 Å². The van der Waals surface area contributed by atoms with Crippen LogP contribution in [0.25, 0.3) is 0 Å². The molecule has 0 spiro atoms. The van der Waals surface area contributed by atoms with Crippen molar-refractivity contribution in [1.82, 2.24) is 0 Å². The quantitative estimate of drug-likeness (QED) is 0.724. The second-order valence-electron chi connectivity index (χ2n) is 2.67. The number of hydrogen-bond donors (Lipinski definition) is 0. The van der Waals surface area contributed by atoms with E-state index in [0.717, 1.165) is 4.46 Å². The van der Waals surface area contributed by atoms with Gasteiger partial charge in [0.25, 0.3) is 0 Å². The average Bonchev–Trinajstić information content (AvgIpc) is 2.19. The third-order valence-electron chi connectivity index (χ3n) is 1.49. The molecule has 0 N–H and O–H groups in total. The first-order valence-corrected chi connectivity index (χ1v) is 5.48. The van der Waals surface area contributed by atoms with Crippen molar-refractivity contribution < 1.29 is 0 Å². The molecule has 0 atom stereocenters. The molecule has 0 saturated carbocycles. The van der Waals surface area contributed by atoms with Crippen molar-refractivity contribution in [3.63, 3.8) is 0 Å². The summed E-state index contributed by atoms with van der Waals surface area (Å²) in [5.74, 6) is 0. The van der Waals surface area contributed by atoms with Crippen molar-refractivity contribution in [2.45, 2.75) is 11.2 Å². The third-order valence-corrected chi connectivity index (χ3v) is 3.80. The van der Waals surface area contributed by atoms with Crippen LogP contribution in [0.2, 0.25) is 4.31 Å². The Bertz CT molecular complexity index is 345. The second-order valence-corrected chi connectivity index (χ2v) is 5.80. The Morgan fingerprint density at radius 2 is 1.69 bits per heavy atom. The van der Waals surface area contributed by atoms with Crippen molar-refractivity contribution in [2.75, 3.05) is 0 Å². The van der Waals surface area contributed by atoms with Crippen molar-refractivity contribution in [1.29, 1.82) is 10.5 Å². The molecule has 0 saturated heterocycles. The van der Waals surface area contributed by atoms with Gasteiger partial charge in [0, 0.05) is 0 Å². The van der Waals surface area contributed by atoms with Gasteiger partial charge in [-0.3, -0.25) is 0 Å². The van der Waals surface area contributed by atoms with E-state index >= 15 is 0 Å². The van der Waals surface area contributed by atoms with Gasteiger partial charge in [-0.2, -0.15) is 0 Å². The summed E-state index contributed by atoms with van der Waals surface area (Å²) in [5, 5.41) is 17.6. The molecule has 13 heavy (non-hydrogen) atoms. The van der Waals surface area contributed by atoms with Crippen LogP contribution in [0, 0.1) is 22.7 Å². The maximum atomic E-state index is 8.79. The minimum absolute atomic E-state index is 0.0994. The molecule has 0 aliphatic rings. The van der Waals surface area contributed by atoms with Crippen LogP contribution >= 0.6 is 0 Å². The van der Waals surface area contributed by atoms with Gasteiger partial charge in [-0.15, -0.1) is 0 Å². The van der Waals surface area contributed by atoms with E-state index in [9.17, 15) is 0 Å². The summed E-state index contributed by atoms with van der Waals surface area (Å²) in [6, 6.07) is 13.8. The Hall–Kier alpha value is -1.28. The Labute approximate surface area is 84.0 Å². The number of rotatable bonds is 2. The van der Waals surface area contributed by atoms with E-state index in [4.69, 9.17) is 10.5 Å². The average molecular weight is 235 g/mol. The molecule has 3 heteroatoms. The zero-order valence-electron chi connectivity index (χ0n) is 7.19. The van der Waals surface area contributed by atoms with Gasteiger partial charge in [0.1, 0.15) is 0 Å². The molecule has 0 aliphatic heterocycles. The molecule has 64 valence electrons. The molecule has 1 aromatic rings. The van der Waals surface area contributed by atoms with E-state index in [1.54, 1.807) is 6.92 Å². The summed E-state index contributed by atoms with van der Waals surface area (Å²) >= 11 is -0.0994. The summed E-state index contributed by atoms with van der Waals surface area (Å²) in [6.45, 7) is 1.68. The Balaban J connectivity index is 2.83. The molecule has 0 aliphatic carbocycles. The maximum absolute atomic E-state index is 8.79. The molecule has 1 rings (SSSR count). The van der Waals surface area contributed by atoms with E-state index in [1.165, 1.54) is 0 Å². The molecular formula is C10H8N2Se. The number of hydrogen-bond acceptors (Lipinski definition) is 2. The Morgan fingerprint density at radius 1 is 1.15 bits per heavy atom. The first-order chi connectivity index (χ1) is 6.20. The van der Waals surface area contributed by atoms with Crippen LogP contribution < -0.4 is 4.46 Å². The van der Waals surface area contributed by atoms with Crippen LogP contribution in [0.3, 0.4) is 0 Å². The van der Waals surface area contributed by atoms with Crippen LogP contribution in [-0.4, -0.2) is 15.0 Å². The molecule has 0 fully saturated rings. The van der Waals surface area contributed by atoms with Gasteiger partial charge >= 0.3 is 83.6 Å². The van der Waals surface area contributed by atoms with Gasteiger partial charge in [-0.05, 0) is 0 Å². The summed E-state index contributed by atoms with van der Waals surface area (Å²) in [7, 11) is 0. The van der Waals surface area contributed by atoms with E-state index in [2.05, 4.69) is 0 Å². The summed E-state index contributed by atoms with van der Waals surface area (Å²) < 4.78 is 0.245. The normalized spacial score (nSPS) is 10.1. The molecule has 0 unspecified atom stereocenters. The van der Waals surface area contributed by atoms with Gasteiger partial charge < -0.3 is 0 Å². The van der Waals surface area contributed by atoms with Crippen LogP contribution in [-0.2, 0) is 0 Å². The number of nitrogens with zero attached hydrogens (tertiary/aromatic N) is 2. The van der Waals surface area contributed by atoms with Crippen molar-refractivity contribution in [3.8, 4) is 12.1 Å². The SMILES string of the molecule is CC(C#N)(C#N)[Se]c1ccccc1. The fraction of sp³-hybridized carbons (Fsp3) is 0.200. The molecule has 0 bridgehead atoms. The second kappa shape index (κ2) is 4.10. The number of benzene rings is 1. The van der Waals surface area contributed by atoms with Gasteiger partial charge in [0.2, 0.25) is 0 Å². The van der Waals surface area contributed by atoms with Gasteiger partial charge in [-0.25, -0.2) is 0 Å². The Morgan fingerprint density at radius 3 is 2.15 bits per heavy atom. The summed E-state index contributed by atoms with van der Waals surface area (Å²) in [4.78, 5) is 0. The first-order valence-electron chi connectivity index (χ1n) is 3.77. The molecule has 0 aromatic heterocycles. The fourth-order valence-electron chi connectivity index (χ4n) is 0.795. The predicted octanol–water partition coefficient (Wildman–Crippen LogP) is 1.24. The molecule has 0 radical (unpaired) electrons. The number of nitriles is 2. The molecule has 0 heterocycles. The van der Waals surface area contributed by atoms with Crippen LogP contribution in [0.1, 0.15) is 6.92 Å². The van der Waals surface area contributed by atoms with Gasteiger partial charge in [0.15, 0.2) is 0 Å². The standard InChI is InChI=1S/C10H8N2Se/c1-10(7-11,8-12)13-9-5-3-2-4-6-9/h2-6H,1H3. The molecule has 0 amide bonds. The molecule has 1 aromatic carbocycles. The van der Waals surface area contributed by atoms with Gasteiger partial charge in [0.05, 0.1) is 0 Å². The predicted molar refractivity (Wildman–Crippen MR) is 51.4 cm³/mol. The molecule has 2 nitrogen and oxygen atoms in total.